The molecule has 21 heavy (non-hydrogen) atoms. The molecule has 0 aliphatic carbocycles. The van der Waals surface area contributed by atoms with Crippen molar-refractivity contribution in [3.05, 3.63) is 59.9 Å². The lowest BCUT2D eigenvalue weighted by Gasteiger charge is -2.34. The summed E-state index contributed by atoms with van der Waals surface area (Å²) in [7, 11) is 0. The van der Waals surface area contributed by atoms with Crippen LogP contribution in [0.5, 0.6) is 0 Å². The van der Waals surface area contributed by atoms with Crippen molar-refractivity contribution in [2.45, 2.75) is 19.3 Å². The molecule has 1 aliphatic rings. The lowest BCUT2D eigenvalue weighted by molar-refractivity contribution is 0.404. The van der Waals surface area contributed by atoms with Crippen LogP contribution < -0.4 is 10.6 Å². The van der Waals surface area contributed by atoms with E-state index in [0.29, 0.717) is 5.69 Å². The summed E-state index contributed by atoms with van der Waals surface area (Å²) in [5.74, 6) is 0.459. The first kappa shape index (κ1) is 13.9. The van der Waals surface area contributed by atoms with Gasteiger partial charge in [-0.1, -0.05) is 30.3 Å². The molecule has 0 saturated carbocycles. The van der Waals surface area contributed by atoms with Crippen molar-refractivity contribution < 1.29 is 4.39 Å². The quantitative estimate of drug-likeness (QED) is 0.867. The molecule has 1 saturated heterocycles. The predicted molar refractivity (Wildman–Crippen MR) is 85.9 cm³/mol. The summed E-state index contributed by atoms with van der Waals surface area (Å²) < 4.78 is 13.1. The van der Waals surface area contributed by atoms with Crippen molar-refractivity contribution in [2.75, 3.05) is 23.7 Å². The molecule has 0 atom stereocenters. The van der Waals surface area contributed by atoms with Crippen LogP contribution in [-0.4, -0.2) is 13.1 Å². The minimum absolute atomic E-state index is 0.268. The molecule has 0 aromatic heterocycles. The van der Waals surface area contributed by atoms with E-state index in [4.69, 9.17) is 5.73 Å². The van der Waals surface area contributed by atoms with Gasteiger partial charge in [0.2, 0.25) is 0 Å². The normalized spacial score (nSPS) is 16.1. The highest BCUT2D eigenvalue weighted by Crippen LogP contribution is 2.29. The molecule has 0 radical (unpaired) electrons. The van der Waals surface area contributed by atoms with Crippen LogP contribution in [0.4, 0.5) is 15.8 Å². The Kier molecular flexibility index (Phi) is 4.09. The van der Waals surface area contributed by atoms with Crippen LogP contribution in [0.15, 0.2) is 48.5 Å². The summed E-state index contributed by atoms with van der Waals surface area (Å²) in [4.78, 5) is 2.27. The third-order valence-electron chi connectivity index (χ3n) is 4.31. The number of anilines is 2. The van der Waals surface area contributed by atoms with Gasteiger partial charge in [-0.25, -0.2) is 4.39 Å². The van der Waals surface area contributed by atoms with Gasteiger partial charge in [0, 0.05) is 13.1 Å². The maximum Gasteiger partial charge on any atom is 0.125 e. The summed E-state index contributed by atoms with van der Waals surface area (Å²) in [5.41, 5.74) is 8.85. The van der Waals surface area contributed by atoms with Gasteiger partial charge in [0.15, 0.2) is 0 Å². The Balaban J connectivity index is 1.60. The van der Waals surface area contributed by atoms with Crippen molar-refractivity contribution in [2.24, 2.45) is 5.92 Å². The van der Waals surface area contributed by atoms with Crippen molar-refractivity contribution >= 4 is 11.4 Å². The molecule has 1 aliphatic heterocycles. The number of nitrogen functional groups attached to an aromatic ring is 1. The first-order valence-corrected chi connectivity index (χ1v) is 7.56. The zero-order valence-corrected chi connectivity index (χ0v) is 12.1. The average molecular weight is 284 g/mol. The Labute approximate surface area is 125 Å². The average Bonchev–Trinajstić information content (AvgIpc) is 2.49. The third kappa shape index (κ3) is 3.35. The summed E-state index contributed by atoms with van der Waals surface area (Å²) in [6.07, 6.45) is 3.46. The Hall–Kier alpha value is -2.03. The van der Waals surface area contributed by atoms with Gasteiger partial charge < -0.3 is 10.6 Å². The first-order valence-electron chi connectivity index (χ1n) is 7.56. The van der Waals surface area contributed by atoms with Crippen molar-refractivity contribution in [3.63, 3.8) is 0 Å². The lowest BCUT2D eigenvalue weighted by Crippen LogP contribution is -2.34. The predicted octanol–water partition coefficient (Wildman–Crippen LogP) is 3.87. The number of rotatable bonds is 3. The number of hydrogen-bond donors (Lipinski definition) is 1. The highest BCUT2D eigenvalue weighted by atomic mass is 19.1. The fourth-order valence-electron chi connectivity index (χ4n) is 3.14. The van der Waals surface area contributed by atoms with Crippen LogP contribution in [0.25, 0.3) is 0 Å². The second-order valence-electron chi connectivity index (χ2n) is 5.82. The number of nitrogens with two attached hydrogens (primary N) is 1. The van der Waals surface area contributed by atoms with E-state index >= 15 is 0 Å². The highest BCUT2D eigenvalue weighted by Gasteiger charge is 2.21. The van der Waals surface area contributed by atoms with Crippen LogP contribution in [0.2, 0.25) is 0 Å². The number of piperidine rings is 1. The second-order valence-corrected chi connectivity index (χ2v) is 5.82. The Morgan fingerprint density at radius 2 is 1.76 bits per heavy atom. The second kappa shape index (κ2) is 6.17. The number of hydrogen-bond acceptors (Lipinski definition) is 2. The van der Waals surface area contributed by atoms with Crippen molar-refractivity contribution in [3.8, 4) is 0 Å². The summed E-state index contributed by atoms with van der Waals surface area (Å²) >= 11 is 0. The summed E-state index contributed by atoms with van der Waals surface area (Å²) in [5, 5.41) is 0. The van der Waals surface area contributed by atoms with E-state index < -0.39 is 0 Å². The molecule has 0 bridgehead atoms. The minimum atomic E-state index is -0.268. The van der Waals surface area contributed by atoms with E-state index in [1.807, 2.05) is 0 Å². The van der Waals surface area contributed by atoms with Gasteiger partial charge in [0.05, 0.1) is 11.4 Å². The van der Waals surface area contributed by atoms with E-state index in [-0.39, 0.29) is 5.82 Å². The molecule has 2 N–H and O–H groups in total. The van der Waals surface area contributed by atoms with E-state index in [1.54, 1.807) is 6.07 Å². The van der Waals surface area contributed by atoms with Crippen LogP contribution in [0.3, 0.4) is 0 Å². The van der Waals surface area contributed by atoms with Gasteiger partial charge in [-0.15, -0.1) is 0 Å². The molecule has 0 unspecified atom stereocenters. The molecule has 3 heteroatoms. The van der Waals surface area contributed by atoms with Crippen molar-refractivity contribution in [1.82, 2.24) is 0 Å². The van der Waals surface area contributed by atoms with Gasteiger partial charge >= 0.3 is 0 Å². The van der Waals surface area contributed by atoms with Gasteiger partial charge in [0.1, 0.15) is 5.82 Å². The van der Waals surface area contributed by atoms with E-state index in [2.05, 4.69) is 35.2 Å². The van der Waals surface area contributed by atoms with E-state index in [9.17, 15) is 4.39 Å². The smallest absolute Gasteiger partial charge is 0.125 e. The molecule has 1 fully saturated rings. The number of halogens is 1. The van der Waals surface area contributed by atoms with Gasteiger partial charge in [-0.3, -0.25) is 0 Å². The van der Waals surface area contributed by atoms with E-state index in [1.165, 1.54) is 17.7 Å². The topological polar surface area (TPSA) is 29.3 Å². The maximum absolute atomic E-state index is 13.1. The molecular formula is C18H21FN2. The molecule has 2 nitrogen and oxygen atoms in total. The number of nitrogens with zero attached hydrogens (tertiary/aromatic N) is 1. The molecule has 2 aromatic carbocycles. The minimum Gasteiger partial charge on any atom is -0.397 e. The van der Waals surface area contributed by atoms with Crippen molar-refractivity contribution in [1.29, 1.82) is 0 Å². The molecule has 110 valence electrons. The molecule has 3 rings (SSSR count). The molecule has 2 aromatic rings. The third-order valence-corrected chi connectivity index (χ3v) is 4.31. The van der Waals surface area contributed by atoms with Gasteiger partial charge in [0.25, 0.3) is 0 Å². The van der Waals surface area contributed by atoms with Gasteiger partial charge in [-0.05, 0) is 48.9 Å². The van der Waals surface area contributed by atoms with Crippen LogP contribution in [0.1, 0.15) is 18.4 Å². The zero-order valence-electron chi connectivity index (χ0n) is 12.1. The Morgan fingerprint density at radius 1 is 1.05 bits per heavy atom. The fourth-order valence-corrected chi connectivity index (χ4v) is 3.14. The largest absolute Gasteiger partial charge is 0.397 e. The molecule has 1 heterocycles. The molecular weight excluding hydrogens is 263 g/mol. The first-order chi connectivity index (χ1) is 10.2. The number of benzene rings is 2. The van der Waals surface area contributed by atoms with Gasteiger partial charge in [-0.2, -0.15) is 0 Å². The molecule has 0 amide bonds. The van der Waals surface area contributed by atoms with Crippen LogP contribution in [-0.2, 0) is 6.42 Å². The summed E-state index contributed by atoms with van der Waals surface area (Å²) in [6, 6.07) is 15.3. The standard InChI is InChI=1S/C18H21FN2/c19-16-6-7-18(17(20)13-16)21-10-8-15(9-11-21)12-14-4-2-1-3-5-14/h1-7,13,15H,8-12,20H2. The zero-order chi connectivity index (χ0) is 14.7. The lowest BCUT2D eigenvalue weighted by atomic mass is 9.90. The maximum atomic E-state index is 13.1. The van der Waals surface area contributed by atoms with Crippen LogP contribution >= 0.6 is 0 Å². The summed E-state index contributed by atoms with van der Waals surface area (Å²) in [6.45, 7) is 1.99. The van der Waals surface area contributed by atoms with E-state index in [0.717, 1.165) is 44.0 Å². The highest BCUT2D eigenvalue weighted by molar-refractivity contribution is 5.67. The Morgan fingerprint density at radius 3 is 2.43 bits per heavy atom. The Bertz CT molecular complexity index is 589. The fraction of sp³-hybridized carbons (Fsp3) is 0.333. The van der Waals surface area contributed by atoms with Crippen LogP contribution in [0, 0.1) is 11.7 Å². The monoisotopic (exact) mass is 284 g/mol. The SMILES string of the molecule is Nc1cc(F)ccc1N1CCC(Cc2ccccc2)CC1. The molecule has 0 spiro atoms.